The summed E-state index contributed by atoms with van der Waals surface area (Å²) in [6.45, 7) is 5.75. The smallest absolute Gasteiger partial charge is 0.241 e. The van der Waals surface area contributed by atoms with Crippen molar-refractivity contribution >= 4 is 11.7 Å². The molecule has 3 heterocycles. The molecule has 0 aliphatic carbocycles. The molecular weight excluding hydrogens is 516 g/mol. The van der Waals surface area contributed by atoms with Crippen LogP contribution in [0.2, 0.25) is 0 Å². The third kappa shape index (κ3) is 3.38. The molecule has 0 unspecified atom stereocenters. The van der Waals surface area contributed by atoms with Gasteiger partial charge in [0.2, 0.25) is 5.91 Å². The van der Waals surface area contributed by atoms with Crippen molar-refractivity contribution in [3.05, 3.63) is 33.4 Å². The van der Waals surface area contributed by atoms with E-state index in [1.807, 2.05) is 32.7 Å². The molecule has 216 valence electrons. The number of likely N-dealkylation sites (N-methyl/N-ethyl adjacent to an activating group) is 1. The lowest BCUT2D eigenvalue weighted by atomic mass is 9.72. The van der Waals surface area contributed by atoms with E-state index in [2.05, 4.69) is 0 Å². The van der Waals surface area contributed by atoms with Crippen LogP contribution >= 0.6 is 0 Å². The van der Waals surface area contributed by atoms with E-state index in [4.69, 9.17) is 28.4 Å². The van der Waals surface area contributed by atoms with Gasteiger partial charge in [-0.2, -0.15) is 0 Å². The summed E-state index contributed by atoms with van der Waals surface area (Å²) in [4.78, 5) is 32.9. The normalized spacial score (nSPS) is 23.2. The van der Waals surface area contributed by atoms with E-state index >= 15 is 0 Å². The minimum Gasteiger partial charge on any atom is -0.496 e. The Balaban J connectivity index is 1.88. The monoisotopic (exact) mass is 554 g/mol. The van der Waals surface area contributed by atoms with Crippen molar-refractivity contribution in [1.82, 2.24) is 9.80 Å². The number of ketones is 1. The zero-order chi connectivity index (χ0) is 29.2. The number of hydrogen-bond acceptors (Lipinski definition) is 9. The second-order valence-corrected chi connectivity index (χ2v) is 10.4. The molecule has 2 aromatic rings. The van der Waals surface area contributed by atoms with Crippen LogP contribution in [0.4, 0.5) is 0 Å². The van der Waals surface area contributed by atoms with Crippen LogP contribution in [0.25, 0.3) is 0 Å². The first-order valence-corrected chi connectivity index (χ1v) is 13.4. The minimum absolute atomic E-state index is 0.115. The number of methoxy groups -OCH3 is 6. The Bertz CT molecular complexity index is 1400. The van der Waals surface area contributed by atoms with Crippen LogP contribution in [0.3, 0.4) is 0 Å². The average Bonchev–Trinajstić information content (AvgIpc) is 2.95. The Hall–Kier alpha value is -3.66. The van der Waals surface area contributed by atoms with Crippen molar-refractivity contribution < 1.29 is 38.0 Å². The van der Waals surface area contributed by atoms with Crippen molar-refractivity contribution in [2.24, 2.45) is 0 Å². The molecule has 10 heteroatoms. The summed E-state index contributed by atoms with van der Waals surface area (Å²) in [6, 6.07) is -2.30. The Kier molecular flexibility index (Phi) is 7.02. The predicted octanol–water partition coefficient (Wildman–Crippen LogP) is 3.81. The quantitative estimate of drug-likeness (QED) is 0.506. The molecule has 0 aromatic heterocycles. The lowest BCUT2D eigenvalue weighted by Crippen LogP contribution is -2.68. The number of amides is 1. The molecule has 0 saturated carbocycles. The van der Waals surface area contributed by atoms with Gasteiger partial charge in [0, 0.05) is 34.2 Å². The summed E-state index contributed by atoms with van der Waals surface area (Å²) in [7, 11) is 11.3. The van der Waals surface area contributed by atoms with Gasteiger partial charge in [-0.15, -0.1) is 0 Å². The van der Waals surface area contributed by atoms with Gasteiger partial charge in [0.05, 0.1) is 66.3 Å². The fourth-order valence-electron chi connectivity index (χ4n) is 7.35. The number of piperazine rings is 1. The highest BCUT2D eigenvalue weighted by molar-refractivity contribution is 6.10. The SMILES string of the molecule is CC[C@H]1c2c(OC)c(OC)c(C)c(OC)c2C(=O)[C@H]2[C@H]3c4c(c(OC)c(C)c(OC)c4OC)C[C@@H](C(=O)N12)N3C. The number of rotatable bonds is 7. The van der Waals surface area contributed by atoms with Crippen LogP contribution < -0.4 is 28.4 Å². The molecule has 2 bridgehead atoms. The largest absolute Gasteiger partial charge is 0.496 e. The van der Waals surface area contributed by atoms with Crippen LogP contribution in [0.15, 0.2) is 0 Å². The van der Waals surface area contributed by atoms with Crippen LogP contribution in [-0.4, -0.2) is 83.3 Å². The molecule has 0 radical (unpaired) electrons. The minimum atomic E-state index is -0.845. The van der Waals surface area contributed by atoms with Gasteiger partial charge in [-0.1, -0.05) is 6.92 Å². The lowest BCUT2D eigenvalue weighted by molar-refractivity contribution is -0.153. The Labute approximate surface area is 235 Å². The molecule has 3 aliphatic heterocycles. The number of fused-ring (bicyclic) bond motifs is 7. The van der Waals surface area contributed by atoms with Gasteiger partial charge in [-0.05, 0) is 27.3 Å². The molecule has 5 rings (SSSR count). The number of Topliss-reactive ketones (excluding diaryl/α,β-unsaturated/α-hetero) is 1. The topological polar surface area (TPSA) is 96.0 Å². The molecule has 0 spiro atoms. The van der Waals surface area contributed by atoms with Gasteiger partial charge < -0.3 is 33.3 Å². The van der Waals surface area contributed by atoms with E-state index in [0.29, 0.717) is 64.0 Å². The van der Waals surface area contributed by atoms with E-state index in [1.165, 1.54) is 0 Å². The Morgan fingerprint density at radius 2 is 1.20 bits per heavy atom. The zero-order valence-electron chi connectivity index (χ0n) is 24.9. The maximum Gasteiger partial charge on any atom is 0.241 e. The number of ether oxygens (including phenoxy) is 6. The lowest BCUT2D eigenvalue weighted by Gasteiger charge is -2.56. The summed E-state index contributed by atoms with van der Waals surface area (Å²) in [5.41, 5.74) is 4.14. The second-order valence-electron chi connectivity index (χ2n) is 10.4. The van der Waals surface area contributed by atoms with Gasteiger partial charge in [0.15, 0.2) is 28.8 Å². The molecule has 1 amide bonds. The summed E-state index contributed by atoms with van der Waals surface area (Å²) in [5, 5.41) is 0. The van der Waals surface area contributed by atoms with Crippen molar-refractivity contribution in [2.45, 2.75) is 57.8 Å². The highest BCUT2D eigenvalue weighted by Gasteiger charge is 2.59. The van der Waals surface area contributed by atoms with Crippen LogP contribution in [0, 0.1) is 13.8 Å². The van der Waals surface area contributed by atoms with Gasteiger partial charge in [0.1, 0.15) is 17.5 Å². The Morgan fingerprint density at radius 3 is 1.70 bits per heavy atom. The number of carbonyl (C=O) groups excluding carboxylic acids is 2. The first kappa shape index (κ1) is 27.9. The number of benzene rings is 2. The summed E-state index contributed by atoms with van der Waals surface area (Å²) >= 11 is 0. The maximum absolute atomic E-state index is 14.8. The van der Waals surface area contributed by atoms with Crippen molar-refractivity contribution in [1.29, 1.82) is 0 Å². The van der Waals surface area contributed by atoms with E-state index in [1.54, 1.807) is 47.6 Å². The van der Waals surface area contributed by atoms with Crippen molar-refractivity contribution in [2.75, 3.05) is 49.7 Å². The van der Waals surface area contributed by atoms with E-state index in [9.17, 15) is 9.59 Å². The van der Waals surface area contributed by atoms with E-state index in [-0.39, 0.29) is 11.7 Å². The first-order chi connectivity index (χ1) is 19.2. The van der Waals surface area contributed by atoms with Crippen molar-refractivity contribution in [3.8, 4) is 34.5 Å². The molecule has 4 atom stereocenters. The van der Waals surface area contributed by atoms with Crippen LogP contribution in [-0.2, 0) is 11.2 Å². The third-order valence-corrected chi connectivity index (χ3v) is 8.92. The molecule has 1 fully saturated rings. The van der Waals surface area contributed by atoms with Crippen LogP contribution in [0.5, 0.6) is 34.5 Å². The van der Waals surface area contributed by atoms with Gasteiger partial charge in [-0.3, -0.25) is 14.5 Å². The zero-order valence-corrected chi connectivity index (χ0v) is 24.9. The number of hydrogen-bond donors (Lipinski definition) is 0. The van der Waals surface area contributed by atoms with E-state index in [0.717, 1.165) is 16.7 Å². The molecule has 2 aromatic carbocycles. The fourth-order valence-corrected chi connectivity index (χ4v) is 7.35. The second kappa shape index (κ2) is 10.1. The highest BCUT2D eigenvalue weighted by Crippen LogP contribution is 2.58. The third-order valence-electron chi connectivity index (χ3n) is 8.92. The van der Waals surface area contributed by atoms with Gasteiger partial charge >= 0.3 is 0 Å². The number of nitrogens with zero attached hydrogens (tertiary/aromatic N) is 2. The van der Waals surface area contributed by atoms with Gasteiger partial charge in [0.25, 0.3) is 0 Å². The van der Waals surface area contributed by atoms with Crippen molar-refractivity contribution in [3.63, 3.8) is 0 Å². The fraction of sp³-hybridized carbons (Fsp3) is 0.533. The molecule has 3 aliphatic rings. The highest BCUT2D eigenvalue weighted by atomic mass is 16.5. The Morgan fingerprint density at radius 1 is 0.700 bits per heavy atom. The molecule has 10 nitrogen and oxygen atoms in total. The summed E-state index contributed by atoms with van der Waals surface area (Å²) < 4.78 is 35.1. The molecule has 1 saturated heterocycles. The van der Waals surface area contributed by atoms with Crippen LogP contribution in [0.1, 0.15) is 63.6 Å². The van der Waals surface area contributed by atoms with Gasteiger partial charge in [-0.25, -0.2) is 0 Å². The maximum atomic E-state index is 14.8. The average molecular weight is 555 g/mol. The first-order valence-electron chi connectivity index (χ1n) is 13.4. The number of carbonyl (C=O) groups is 2. The molecular formula is C30H38N2O8. The standard InChI is InChI=1S/C30H38N2O8/c1-11-16-19-20(25(36-6)14(3)27(38-8)29(19)40-10)23(33)22-21-18-15(12-17(31(21)4)30(34)32(16)22)24(35-5)13(2)26(37-7)28(18)39-9/h16-17,21-22H,11-12H2,1-10H3/t16-,17-,21+,22+/m0/s1. The molecule has 40 heavy (non-hydrogen) atoms. The predicted molar refractivity (Wildman–Crippen MR) is 148 cm³/mol. The summed E-state index contributed by atoms with van der Waals surface area (Å²) in [5.74, 6) is 2.76. The summed E-state index contributed by atoms with van der Waals surface area (Å²) in [6.07, 6.45) is 0.964. The van der Waals surface area contributed by atoms with E-state index < -0.39 is 24.2 Å². The molecule has 0 N–H and O–H groups in total.